The van der Waals surface area contributed by atoms with E-state index in [1.807, 2.05) is 0 Å². The summed E-state index contributed by atoms with van der Waals surface area (Å²) < 4.78 is 38.5. The summed E-state index contributed by atoms with van der Waals surface area (Å²) in [6.07, 6.45) is -3.84. The van der Waals surface area contributed by atoms with Gasteiger partial charge in [0.15, 0.2) is 0 Å². The van der Waals surface area contributed by atoms with E-state index in [0.29, 0.717) is 12.8 Å². The van der Waals surface area contributed by atoms with Gasteiger partial charge in [-0.25, -0.2) is 0 Å². The zero-order chi connectivity index (χ0) is 19.3. The SMILES string of the molecule is CC1(C(=O)O)CCC(C)(C(=O)Nc2cccc(C(F)(F)F)c2)C1(C)C. The van der Waals surface area contributed by atoms with E-state index < -0.39 is 39.9 Å². The number of nitrogens with one attached hydrogen (secondary N) is 1. The van der Waals surface area contributed by atoms with Crippen LogP contribution in [0.15, 0.2) is 24.3 Å². The van der Waals surface area contributed by atoms with Crippen LogP contribution in [0.25, 0.3) is 0 Å². The van der Waals surface area contributed by atoms with Crippen LogP contribution in [0, 0.1) is 16.2 Å². The average Bonchev–Trinajstić information content (AvgIpc) is 2.69. The molecule has 138 valence electrons. The van der Waals surface area contributed by atoms with Crippen LogP contribution in [-0.4, -0.2) is 17.0 Å². The third-order valence-corrected chi connectivity index (χ3v) is 6.30. The number of amides is 1. The lowest BCUT2D eigenvalue weighted by atomic mass is 9.59. The predicted octanol–water partition coefficient (Wildman–Crippen LogP) is 4.56. The van der Waals surface area contributed by atoms with Crippen LogP contribution in [0.3, 0.4) is 0 Å². The van der Waals surface area contributed by atoms with E-state index in [4.69, 9.17) is 0 Å². The highest BCUT2D eigenvalue weighted by atomic mass is 19.4. The number of anilines is 1. The lowest BCUT2D eigenvalue weighted by Crippen LogP contribution is -2.49. The van der Waals surface area contributed by atoms with E-state index >= 15 is 0 Å². The number of rotatable bonds is 3. The van der Waals surface area contributed by atoms with E-state index in [1.54, 1.807) is 27.7 Å². The fourth-order valence-corrected chi connectivity index (χ4v) is 3.55. The summed E-state index contributed by atoms with van der Waals surface area (Å²) in [6, 6.07) is 4.41. The second-order valence-corrected chi connectivity index (χ2v) is 7.63. The van der Waals surface area contributed by atoms with Crippen molar-refractivity contribution in [2.75, 3.05) is 5.32 Å². The van der Waals surface area contributed by atoms with Crippen molar-refractivity contribution in [2.24, 2.45) is 16.2 Å². The molecule has 0 aliphatic heterocycles. The molecular weight excluding hydrogens is 335 g/mol. The van der Waals surface area contributed by atoms with Crippen molar-refractivity contribution in [3.8, 4) is 0 Å². The van der Waals surface area contributed by atoms with E-state index in [0.717, 1.165) is 12.1 Å². The van der Waals surface area contributed by atoms with Gasteiger partial charge >= 0.3 is 12.1 Å². The number of carboxylic acids is 1. The number of hydrogen-bond donors (Lipinski definition) is 2. The molecule has 1 fully saturated rings. The Morgan fingerprint density at radius 1 is 1.08 bits per heavy atom. The zero-order valence-electron chi connectivity index (χ0n) is 14.6. The molecule has 7 heteroatoms. The summed E-state index contributed by atoms with van der Waals surface area (Å²) in [5, 5.41) is 12.1. The summed E-state index contributed by atoms with van der Waals surface area (Å²) in [5.74, 6) is -1.45. The highest BCUT2D eigenvalue weighted by Crippen LogP contribution is 2.63. The van der Waals surface area contributed by atoms with Crippen LogP contribution in [-0.2, 0) is 15.8 Å². The third-order valence-electron chi connectivity index (χ3n) is 6.30. The van der Waals surface area contributed by atoms with Crippen molar-refractivity contribution in [1.82, 2.24) is 0 Å². The Kier molecular flexibility index (Phi) is 4.43. The van der Waals surface area contributed by atoms with Crippen molar-refractivity contribution in [2.45, 2.75) is 46.7 Å². The molecule has 0 saturated heterocycles. The quantitative estimate of drug-likeness (QED) is 0.833. The molecule has 1 aromatic rings. The number of alkyl halides is 3. The molecule has 4 nitrogen and oxygen atoms in total. The number of benzene rings is 1. The van der Waals surface area contributed by atoms with Crippen molar-refractivity contribution in [1.29, 1.82) is 0 Å². The zero-order valence-corrected chi connectivity index (χ0v) is 14.6. The Morgan fingerprint density at radius 3 is 2.12 bits per heavy atom. The molecule has 0 spiro atoms. The van der Waals surface area contributed by atoms with Gasteiger partial charge in [0.05, 0.1) is 16.4 Å². The number of carbonyl (C=O) groups is 2. The first-order valence-electron chi connectivity index (χ1n) is 7.98. The van der Waals surface area contributed by atoms with Crippen LogP contribution >= 0.6 is 0 Å². The van der Waals surface area contributed by atoms with E-state index in [1.165, 1.54) is 12.1 Å². The largest absolute Gasteiger partial charge is 0.481 e. The molecule has 1 aromatic carbocycles. The highest BCUT2D eigenvalue weighted by Gasteiger charge is 2.64. The van der Waals surface area contributed by atoms with Gasteiger partial charge in [-0.05, 0) is 43.4 Å². The second kappa shape index (κ2) is 5.75. The van der Waals surface area contributed by atoms with Gasteiger partial charge < -0.3 is 10.4 Å². The van der Waals surface area contributed by atoms with Gasteiger partial charge in [0.1, 0.15) is 0 Å². The normalized spacial score (nSPS) is 28.6. The van der Waals surface area contributed by atoms with Gasteiger partial charge in [-0.1, -0.05) is 26.8 Å². The van der Waals surface area contributed by atoms with Gasteiger partial charge in [-0.15, -0.1) is 0 Å². The van der Waals surface area contributed by atoms with E-state index in [9.17, 15) is 27.9 Å². The minimum atomic E-state index is -4.50. The van der Waals surface area contributed by atoms with Crippen LogP contribution in [0.1, 0.15) is 46.1 Å². The number of carboxylic acid groups (broad SMARTS) is 1. The van der Waals surface area contributed by atoms with Gasteiger partial charge in [0.2, 0.25) is 5.91 Å². The molecule has 1 amide bonds. The van der Waals surface area contributed by atoms with Crippen LogP contribution in [0.5, 0.6) is 0 Å². The number of halogens is 3. The smallest absolute Gasteiger partial charge is 0.416 e. The molecule has 2 atom stereocenters. The van der Waals surface area contributed by atoms with Gasteiger partial charge in [0.25, 0.3) is 0 Å². The minimum Gasteiger partial charge on any atom is -0.481 e. The van der Waals surface area contributed by atoms with Gasteiger partial charge in [-0.2, -0.15) is 13.2 Å². The van der Waals surface area contributed by atoms with Crippen molar-refractivity contribution < 1.29 is 27.9 Å². The van der Waals surface area contributed by atoms with Gasteiger partial charge in [-0.3, -0.25) is 9.59 Å². The molecule has 2 N–H and O–H groups in total. The van der Waals surface area contributed by atoms with E-state index in [-0.39, 0.29) is 5.69 Å². The molecule has 1 aliphatic carbocycles. The maximum atomic E-state index is 12.8. The number of aliphatic carboxylic acids is 1. The van der Waals surface area contributed by atoms with Crippen molar-refractivity contribution in [3.63, 3.8) is 0 Å². The molecule has 1 aliphatic rings. The molecule has 1 saturated carbocycles. The average molecular weight is 357 g/mol. The summed E-state index contributed by atoms with van der Waals surface area (Å²) >= 11 is 0. The van der Waals surface area contributed by atoms with Crippen LogP contribution < -0.4 is 5.32 Å². The fourth-order valence-electron chi connectivity index (χ4n) is 3.55. The molecule has 25 heavy (non-hydrogen) atoms. The van der Waals surface area contributed by atoms with E-state index in [2.05, 4.69) is 5.32 Å². The molecule has 0 radical (unpaired) electrons. The molecule has 0 bridgehead atoms. The number of carbonyl (C=O) groups excluding carboxylic acids is 1. The highest BCUT2D eigenvalue weighted by molar-refractivity contribution is 5.97. The first-order valence-corrected chi connectivity index (χ1v) is 7.98. The second-order valence-electron chi connectivity index (χ2n) is 7.63. The molecule has 0 heterocycles. The predicted molar refractivity (Wildman–Crippen MR) is 86.9 cm³/mol. The van der Waals surface area contributed by atoms with Crippen molar-refractivity contribution in [3.05, 3.63) is 29.8 Å². The van der Waals surface area contributed by atoms with Crippen LogP contribution in [0.2, 0.25) is 0 Å². The molecule has 2 rings (SSSR count). The standard InChI is InChI=1S/C18H22F3NO3/c1-15(2)16(3,8-9-17(15,4)14(24)25)13(23)22-12-7-5-6-11(10-12)18(19,20)21/h5-7,10H,8-9H2,1-4H3,(H,22,23)(H,24,25). The summed E-state index contributed by atoms with van der Waals surface area (Å²) in [6.45, 7) is 6.72. The topological polar surface area (TPSA) is 66.4 Å². The molecule has 0 aromatic heterocycles. The molecule has 2 unspecified atom stereocenters. The first-order chi connectivity index (χ1) is 11.3. The minimum absolute atomic E-state index is 0.0424. The van der Waals surface area contributed by atoms with Crippen molar-refractivity contribution >= 4 is 17.6 Å². The Balaban J connectivity index is 2.31. The Labute approximate surface area is 144 Å². The lowest BCUT2D eigenvalue weighted by Gasteiger charge is -2.44. The maximum Gasteiger partial charge on any atom is 0.416 e. The monoisotopic (exact) mass is 357 g/mol. The Bertz CT molecular complexity index is 714. The van der Waals surface area contributed by atoms with Crippen LogP contribution in [0.4, 0.5) is 18.9 Å². The third kappa shape index (κ3) is 2.89. The summed E-state index contributed by atoms with van der Waals surface area (Å²) in [5.41, 5.74) is -3.80. The Hall–Kier alpha value is -2.05. The maximum absolute atomic E-state index is 12.8. The Morgan fingerprint density at radius 2 is 1.64 bits per heavy atom. The fraction of sp³-hybridized carbons (Fsp3) is 0.556. The summed E-state index contributed by atoms with van der Waals surface area (Å²) in [4.78, 5) is 24.5. The first kappa shape index (κ1) is 19.3. The number of hydrogen-bond acceptors (Lipinski definition) is 2. The molecular formula is C18H22F3NO3. The van der Waals surface area contributed by atoms with Gasteiger partial charge in [0, 0.05) is 5.69 Å². The summed E-state index contributed by atoms with van der Waals surface area (Å²) in [7, 11) is 0. The lowest BCUT2D eigenvalue weighted by molar-refractivity contribution is -0.157.